The van der Waals surface area contributed by atoms with Gasteiger partial charge in [0, 0.05) is 11.8 Å². The number of nitrogens with zero attached hydrogens (tertiary/aromatic N) is 2. The zero-order valence-electron chi connectivity index (χ0n) is 18.6. The molecule has 34 heavy (non-hydrogen) atoms. The minimum Gasteiger partial charge on any atom is -0.497 e. The molecule has 5 rings (SSSR count). The van der Waals surface area contributed by atoms with Crippen molar-refractivity contribution < 1.29 is 22.6 Å². The maximum Gasteiger partial charge on any atom is 0.223 e. The summed E-state index contributed by atoms with van der Waals surface area (Å²) in [5, 5.41) is 3.29. The summed E-state index contributed by atoms with van der Waals surface area (Å²) >= 11 is 0. The van der Waals surface area contributed by atoms with Crippen LogP contribution < -0.4 is 14.8 Å². The number of hydrogen-bond acceptors (Lipinski definition) is 8. The third-order valence-electron chi connectivity index (χ3n) is 5.94. The number of sulfonamides is 1. The largest absolute Gasteiger partial charge is 0.497 e. The molecule has 0 aliphatic carbocycles. The number of aromatic nitrogens is 2. The molecule has 2 aliphatic heterocycles. The monoisotopic (exact) mass is 482 g/mol. The van der Waals surface area contributed by atoms with Gasteiger partial charge in [-0.3, -0.25) is 0 Å². The summed E-state index contributed by atoms with van der Waals surface area (Å²) in [5.41, 5.74) is 2.44. The molecule has 0 radical (unpaired) electrons. The van der Waals surface area contributed by atoms with Crippen LogP contribution in [0.1, 0.15) is 5.56 Å². The fourth-order valence-corrected chi connectivity index (χ4v) is 5.68. The van der Waals surface area contributed by atoms with Gasteiger partial charge < -0.3 is 19.5 Å². The molecule has 0 bridgehead atoms. The van der Waals surface area contributed by atoms with Crippen molar-refractivity contribution in [1.29, 1.82) is 0 Å². The van der Waals surface area contributed by atoms with Crippen LogP contribution in [0.4, 0.5) is 5.95 Å². The Hall–Kier alpha value is -3.05. The normalized spacial score (nSPS) is 24.0. The molecular formula is C24H26N4O5S. The van der Waals surface area contributed by atoms with E-state index in [1.807, 2.05) is 48.5 Å². The van der Waals surface area contributed by atoms with Crippen LogP contribution in [0.3, 0.4) is 0 Å². The van der Waals surface area contributed by atoms with Gasteiger partial charge >= 0.3 is 0 Å². The lowest BCUT2D eigenvalue weighted by Crippen LogP contribution is -2.45. The zero-order valence-corrected chi connectivity index (χ0v) is 19.4. The van der Waals surface area contributed by atoms with E-state index in [1.165, 1.54) is 0 Å². The number of nitrogens with one attached hydrogen (secondary N) is 2. The molecular weight excluding hydrogens is 456 g/mol. The molecule has 0 amide bonds. The minimum atomic E-state index is -3.54. The Morgan fingerprint density at radius 2 is 1.68 bits per heavy atom. The predicted molar refractivity (Wildman–Crippen MR) is 127 cm³/mol. The van der Waals surface area contributed by atoms with Gasteiger partial charge in [-0.05, 0) is 35.9 Å². The molecule has 0 spiro atoms. The molecule has 1 aromatic heterocycles. The fraction of sp³-hybridized carbons (Fsp3) is 0.333. The van der Waals surface area contributed by atoms with Crippen LogP contribution in [0.15, 0.2) is 66.9 Å². The van der Waals surface area contributed by atoms with Crippen molar-refractivity contribution >= 4 is 16.0 Å². The molecule has 0 saturated carbocycles. The van der Waals surface area contributed by atoms with Gasteiger partial charge in [-0.15, -0.1) is 0 Å². The van der Waals surface area contributed by atoms with E-state index in [0.717, 1.165) is 22.6 Å². The first-order valence-electron chi connectivity index (χ1n) is 11.0. The number of hydrogen-bond donors (Lipinski definition) is 2. The van der Waals surface area contributed by atoms with Gasteiger partial charge in [0.15, 0.2) is 0 Å². The molecule has 2 fully saturated rings. The van der Waals surface area contributed by atoms with Gasteiger partial charge in [-0.1, -0.05) is 30.3 Å². The second kappa shape index (κ2) is 9.67. The van der Waals surface area contributed by atoms with Crippen molar-refractivity contribution in [3.63, 3.8) is 0 Å². The molecule has 3 heterocycles. The highest BCUT2D eigenvalue weighted by atomic mass is 32.2. The van der Waals surface area contributed by atoms with Crippen molar-refractivity contribution in [1.82, 2.24) is 14.7 Å². The maximum atomic E-state index is 12.7. The van der Waals surface area contributed by atoms with Gasteiger partial charge in [-0.25, -0.2) is 23.1 Å². The van der Waals surface area contributed by atoms with Crippen molar-refractivity contribution in [2.45, 2.75) is 30.0 Å². The fourth-order valence-electron chi connectivity index (χ4n) is 4.31. The molecule has 2 saturated heterocycles. The highest BCUT2D eigenvalue weighted by molar-refractivity contribution is 7.88. The third-order valence-corrected chi connectivity index (χ3v) is 7.31. The molecule has 3 aromatic rings. The van der Waals surface area contributed by atoms with Crippen LogP contribution in [-0.4, -0.2) is 63.0 Å². The summed E-state index contributed by atoms with van der Waals surface area (Å²) in [6.07, 6.45) is 1.00. The Labute approximate surface area is 198 Å². The summed E-state index contributed by atoms with van der Waals surface area (Å²) in [6, 6.07) is 17.9. The van der Waals surface area contributed by atoms with E-state index >= 15 is 0 Å². The molecule has 2 N–H and O–H groups in total. The molecule has 0 unspecified atom stereocenters. The Morgan fingerprint density at radius 3 is 2.41 bits per heavy atom. The van der Waals surface area contributed by atoms with Crippen LogP contribution in [0, 0.1) is 0 Å². The molecule has 2 aromatic carbocycles. The number of fused-ring (bicyclic) bond motifs is 1. The van der Waals surface area contributed by atoms with Gasteiger partial charge in [0.2, 0.25) is 16.0 Å². The third kappa shape index (κ3) is 5.05. The predicted octanol–water partition coefficient (Wildman–Crippen LogP) is 2.22. The molecule has 10 heteroatoms. The quantitative estimate of drug-likeness (QED) is 0.503. The van der Waals surface area contributed by atoms with E-state index in [9.17, 15) is 8.42 Å². The number of ether oxygens (including phenoxy) is 3. The topological polar surface area (TPSA) is 112 Å². The van der Waals surface area contributed by atoms with Crippen LogP contribution in [0.2, 0.25) is 0 Å². The molecule has 9 nitrogen and oxygen atoms in total. The number of benzene rings is 2. The van der Waals surface area contributed by atoms with Crippen LogP contribution in [0.5, 0.6) is 5.75 Å². The molecule has 4 atom stereocenters. The summed E-state index contributed by atoms with van der Waals surface area (Å²) in [6.45, 7) is 0.608. The molecule has 2 aliphatic rings. The Bertz CT molecular complexity index is 1220. The van der Waals surface area contributed by atoms with Gasteiger partial charge in [0.25, 0.3) is 0 Å². The smallest absolute Gasteiger partial charge is 0.223 e. The number of rotatable bonds is 8. The first-order valence-corrected chi connectivity index (χ1v) is 12.7. The number of anilines is 1. The van der Waals surface area contributed by atoms with Gasteiger partial charge in [-0.2, -0.15) is 0 Å². The van der Waals surface area contributed by atoms with E-state index in [0.29, 0.717) is 12.6 Å². The lowest BCUT2D eigenvalue weighted by molar-refractivity contribution is 0.0690. The van der Waals surface area contributed by atoms with E-state index in [2.05, 4.69) is 20.0 Å². The first-order chi connectivity index (χ1) is 16.5. The highest BCUT2D eigenvalue weighted by Gasteiger charge is 2.49. The average Bonchev–Trinajstić information content (AvgIpc) is 3.43. The van der Waals surface area contributed by atoms with E-state index in [-0.39, 0.29) is 30.6 Å². The summed E-state index contributed by atoms with van der Waals surface area (Å²) in [7, 11) is -1.91. The standard InChI is InChI=1S/C24H26N4O5S/c1-31-18-9-7-17(8-10-18)19-11-12-25-24(26-19)27-20-13-32-23-21(14-33-22(20)23)28-34(29,30)15-16-5-3-2-4-6-16/h2-12,20-23,28H,13-15H2,1H3,(H,25,26,27)/t20-,21+,22-,23+/m1/s1. The van der Waals surface area contributed by atoms with Crippen LogP contribution in [-0.2, 0) is 25.2 Å². The van der Waals surface area contributed by atoms with Gasteiger partial charge in [0.1, 0.15) is 18.0 Å². The summed E-state index contributed by atoms with van der Waals surface area (Å²) in [5.74, 6) is 1.15. The van der Waals surface area contributed by atoms with Crippen molar-refractivity contribution in [2.75, 3.05) is 25.6 Å². The lowest BCUT2D eigenvalue weighted by Gasteiger charge is -2.18. The summed E-state index contributed by atoms with van der Waals surface area (Å²) < 4.78 is 45.1. The minimum absolute atomic E-state index is 0.0879. The van der Waals surface area contributed by atoms with Crippen molar-refractivity contribution in [2.24, 2.45) is 0 Å². The molecule has 178 valence electrons. The van der Waals surface area contributed by atoms with Gasteiger partial charge in [0.05, 0.1) is 43.9 Å². The van der Waals surface area contributed by atoms with E-state index in [1.54, 1.807) is 25.4 Å². The number of methoxy groups -OCH3 is 1. The second-order valence-electron chi connectivity index (χ2n) is 8.31. The summed E-state index contributed by atoms with van der Waals surface area (Å²) in [4.78, 5) is 8.95. The first kappa shape index (κ1) is 22.7. The van der Waals surface area contributed by atoms with Crippen molar-refractivity contribution in [3.8, 4) is 17.0 Å². The average molecular weight is 483 g/mol. The van der Waals surface area contributed by atoms with Crippen LogP contribution in [0.25, 0.3) is 11.3 Å². The Morgan fingerprint density at radius 1 is 0.971 bits per heavy atom. The SMILES string of the molecule is COc1ccc(-c2ccnc(N[C@@H]3CO[C@@H]4[C@@H]3OC[C@@H]4NS(=O)(=O)Cc3ccccc3)n2)cc1. The maximum absolute atomic E-state index is 12.7. The Kier molecular flexibility index (Phi) is 6.46. The van der Waals surface area contributed by atoms with Crippen LogP contribution >= 0.6 is 0 Å². The van der Waals surface area contributed by atoms with Crippen molar-refractivity contribution in [3.05, 3.63) is 72.4 Å². The van der Waals surface area contributed by atoms with E-state index in [4.69, 9.17) is 14.2 Å². The second-order valence-corrected chi connectivity index (χ2v) is 10.1. The lowest BCUT2D eigenvalue weighted by atomic mass is 10.1. The zero-order chi connectivity index (χ0) is 23.5. The highest BCUT2D eigenvalue weighted by Crippen LogP contribution is 2.29. The van der Waals surface area contributed by atoms with E-state index < -0.39 is 16.1 Å². The Balaban J connectivity index is 1.22.